The van der Waals surface area contributed by atoms with Gasteiger partial charge in [0.2, 0.25) is 5.91 Å². The fraction of sp³-hybridized carbons (Fsp3) is 0.800. The predicted molar refractivity (Wildman–Crippen MR) is 55.4 cm³/mol. The lowest BCUT2D eigenvalue weighted by Gasteiger charge is -2.20. The third-order valence-corrected chi connectivity index (χ3v) is 2.00. The Morgan fingerprint density at radius 2 is 2.27 bits per heavy atom. The number of alkyl carbamates (subject to hydrolysis) is 1. The number of nitrogens with one attached hydrogen (secondary N) is 2. The van der Waals surface area contributed by atoms with Crippen LogP contribution in [0.3, 0.4) is 0 Å². The first kappa shape index (κ1) is 11.8. The molecule has 0 saturated carbocycles. The summed E-state index contributed by atoms with van der Waals surface area (Å²) in [5.74, 6) is 0.232. The van der Waals surface area contributed by atoms with Crippen molar-refractivity contribution in [1.29, 1.82) is 0 Å². The maximum atomic E-state index is 11.3. The number of carbonyl (C=O) groups is 2. The summed E-state index contributed by atoms with van der Waals surface area (Å²) in [4.78, 5) is 22.1. The SMILES string of the molecule is CC(C)(C)OC(=O)NCC1CNC(=O)C1. The zero-order valence-electron chi connectivity index (χ0n) is 9.42. The topological polar surface area (TPSA) is 67.4 Å². The Bertz CT molecular complexity index is 258. The Labute approximate surface area is 89.6 Å². The van der Waals surface area contributed by atoms with Crippen molar-refractivity contribution in [3.05, 3.63) is 0 Å². The monoisotopic (exact) mass is 214 g/mol. The number of ether oxygens (including phenoxy) is 1. The van der Waals surface area contributed by atoms with Gasteiger partial charge >= 0.3 is 6.09 Å². The van der Waals surface area contributed by atoms with E-state index in [-0.39, 0.29) is 11.8 Å². The van der Waals surface area contributed by atoms with Gasteiger partial charge < -0.3 is 15.4 Å². The van der Waals surface area contributed by atoms with Crippen LogP contribution in [0.1, 0.15) is 27.2 Å². The van der Waals surface area contributed by atoms with Crippen molar-refractivity contribution in [3.8, 4) is 0 Å². The van der Waals surface area contributed by atoms with Crippen LogP contribution in [-0.4, -0.2) is 30.7 Å². The first-order valence-corrected chi connectivity index (χ1v) is 5.10. The lowest BCUT2D eigenvalue weighted by atomic mass is 10.1. The van der Waals surface area contributed by atoms with Gasteiger partial charge in [-0.2, -0.15) is 0 Å². The van der Waals surface area contributed by atoms with Gasteiger partial charge in [0, 0.05) is 25.4 Å². The molecule has 0 aromatic carbocycles. The number of rotatable bonds is 2. The van der Waals surface area contributed by atoms with E-state index in [0.29, 0.717) is 19.5 Å². The summed E-state index contributed by atoms with van der Waals surface area (Å²) < 4.78 is 5.07. The minimum absolute atomic E-state index is 0.0472. The van der Waals surface area contributed by atoms with Crippen molar-refractivity contribution in [1.82, 2.24) is 10.6 Å². The molecule has 1 rings (SSSR count). The molecule has 0 bridgehead atoms. The molecule has 5 nitrogen and oxygen atoms in total. The summed E-state index contributed by atoms with van der Waals surface area (Å²) in [5, 5.41) is 5.36. The average Bonchev–Trinajstić information content (AvgIpc) is 2.45. The Morgan fingerprint density at radius 3 is 2.73 bits per heavy atom. The van der Waals surface area contributed by atoms with Gasteiger partial charge in [0.15, 0.2) is 0 Å². The highest BCUT2D eigenvalue weighted by molar-refractivity contribution is 5.78. The van der Waals surface area contributed by atoms with Crippen LogP contribution in [0.4, 0.5) is 4.79 Å². The van der Waals surface area contributed by atoms with Crippen molar-refractivity contribution in [2.75, 3.05) is 13.1 Å². The van der Waals surface area contributed by atoms with Crippen molar-refractivity contribution < 1.29 is 14.3 Å². The zero-order valence-corrected chi connectivity index (χ0v) is 9.42. The molecule has 0 spiro atoms. The van der Waals surface area contributed by atoms with Gasteiger partial charge in [0.1, 0.15) is 5.60 Å². The molecule has 5 heteroatoms. The third kappa shape index (κ3) is 4.67. The summed E-state index contributed by atoms with van der Waals surface area (Å²) in [7, 11) is 0. The molecular formula is C10H18N2O3. The molecule has 2 amide bonds. The molecule has 0 aliphatic carbocycles. The van der Waals surface area contributed by atoms with Gasteiger partial charge in [0.05, 0.1) is 0 Å². The third-order valence-electron chi connectivity index (χ3n) is 2.00. The van der Waals surface area contributed by atoms with Crippen LogP contribution >= 0.6 is 0 Å². The molecule has 1 fully saturated rings. The van der Waals surface area contributed by atoms with Crippen molar-refractivity contribution in [2.45, 2.75) is 32.8 Å². The molecule has 1 heterocycles. The Balaban J connectivity index is 2.20. The normalized spacial score (nSPS) is 21.0. The van der Waals surface area contributed by atoms with E-state index in [9.17, 15) is 9.59 Å². The first-order chi connectivity index (χ1) is 6.87. The van der Waals surface area contributed by atoms with E-state index in [2.05, 4.69) is 10.6 Å². The molecule has 1 aliphatic heterocycles. The number of hydrogen-bond acceptors (Lipinski definition) is 3. The zero-order chi connectivity index (χ0) is 11.5. The molecular weight excluding hydrogens is 196 g/mol. The first-order valence-electron chi connectivity index (χ1n) is 5.10. The highest BCUT2D eigenvalue weighted by atomic mass is 16.6. The highest BCUT2D eigenvalue weighted by Crippen LogP contribution is 2.09. The van der Waals surface area contributed by atoms with Crippen LogP contribution in [-0.2, 0) is 9.53 Å². The summed E-state index contributed by atoms with van der Waals surface area (Å²) >= 11 is 0. The van der Waals surface area contributed by atoms with Gasteiger partial charge in [-0.25, -0.2) is 4.79 Å². The van der Waals surface area contributed by atoms with Crippen molar-refractivity contribution in [2.24, 2.45) is 5.92 Å². The Kier molecular flexibility index (Phi) is 3.55. The van der Waals surface area contributed by atoms with Gasteiger partial charge in [-0.15, -0.1) is 0 Å². The Morgan fingerprint density at radius 1 is 1.60 bits per heavy atom. The van der Waals surface area contributed by atoms with E-state index in [4.69, 9.17) is 4.74 Å². The quantitative estimate of drug-likeness (QED) is 0.709. The second-order valence-corrected chi connectivity index (χ2v) is 4.76. The van der Waals surface area contributed by atoms with Gasteiger partial charge in [-0.1, -0.05) is 0 Å². The second kappa shape index (κ2) is 4.51. The molecule has 1 unspecified atom stereocenters. The van der Waals surface area contributed by atoms with E-state index in [1.54, 1.807) is 0 Å². The van der Waals surface area contributed by atoms with E-state index >= 15 is 0 Å². The van der Waals surface area contributed by atoms with Crippen LogP contribution in [0.15, 0.2) is 0 Å². The summed E-state index contributed by atoms with van der Waals surface area (Å²) in [6.07, 6.45) is 0.0531. The molecule has 1 atom stereocenters. The fourth-order valence-corrected chi connectivity index (χ4v) is 1.35. The van der Waals surface area contributed by atoms with Crippen molar-refractivity contribution >= 4 is 12.0 Å². The maximum absolute atomic E-state index is 11.3. The molecule has 0 aromatic heterocycles. The van der Waals surface area contributed by atoms with E-state index in [1.165, 1.54) is 0 Å². The van der Waals surface area contributed by atoms with E-state index in [0.717, 1.165) is 0 Å². The maximum Gasteiger partial charge on any atom is 0.407 e. The molecule has 0 radical (unpaired) electrons. The van der Waals surface area contributed by atoms with E-state index < -0.39 is 11.7 Å². The number of hydrogen-bond donors (Lipinski definition) is 2. The second-order valence-electron chi connectivity index (χ2n) is 4.76. The van der Waals surface area contributed by atoms with Crippen LogP contribution in [0.5, 0.6) is 0 Å². The molecule has 2 N–H and O–H groups in total. The smallest absolute Gasteiger partial charge is 0.407 e. The minimum atomic E-state index is -0.478. The van der Waals surface area contributed by atoms with Crippen LogP contribution in [0.2, 0.25) is 0 Å². The van der Waals surface area contributed by atoms with Crippen molar-refractivity contribution in [3.63, 3.8) is 0 Å². The molecule has 1 aliphatic rings. The van der Waals surface area contributed by atoms with Gasteiger partial charge in [0.25, 0.3) is 0 Å². The lowest BCUT2D eigenvalue weighted by Crippen LogP contribution is -2.35. The van der Waals surface area contributed by atoms with E-state index in [1.807, 2.05) is 20.8 Å². The summed E-state index contributed by atoms with van der Waals surface area (Å²) in [5.41, 5.74) is -0.478. The minimum Gasteiger partial charge on any atom is -0.444 e. The lowest BCUT2D eigenvalue weighted by molar-refractivity contribution is -0.119. The summed E-state index contributed by atoms with van der Waals surface area (Å²) in [6, 6.07) is 0. The average molecular weight is 214 g/mol. The molecule has 15 heavy (non-hydrogen) atoms. The highest BCUT2D eigenvalue weighted by Gasteiger charge is 2.23. The number of amides is 2. The van der Waals surface area contributed by atoms with Crippen LogP contribution in [0, 0.1) is 5.92 Å². The predicted octanol–water partition coefficient (Wildman–Crippen LogP) is 0.647. The molecule has 1 saturated heterocycles. The van der Waals surface area contributed by atoms with Crippen LogP contribution < -0.4 is 10.6 Å². The fourth-order valence-electron chi connectivity index (χ4n) is 1.35. The molecule has 0 aromatic rings. The number of carbonyl (C=O) groups excluding carboxylic acids is 2. The van der Waals surface area contributed by atoms with Gasteiger partial charge in [-0.05, 0) is 20.8 Å². The Hall–Kier alpha value is -1.26. The summed E-state index contributed by atoms with van der Waals surface area (Å²) in [6.45, 7) is 6.55. The largest absolute Gasteiger partial charge is 0.444 e. The molecule has 86 valence electrons. The van der Waals surface area contributed by atoms with Crippen LogP contribution in [0.25, 0.3) is 0 Å². The van der Waals surface area contributed by atoms with Gasteiger partial charge in [-0.3, -0.25) is 4.79 Å². The standard InChI is InChI=1S/C10H18N2O3/c1-10(2,3)15-9(14)12-6-7-4-8(13)11-5-7/h7H,4-6H2,1-3H3,(H,11,13)(H,12,14).